The summed E-state index contributed by atoms with van der Waals surface area (Å²) < 4.78 is 0. The highest BCUT2D eigenvalue weighted by Gasteiger charge is 2.06. The molecule has 0 bridgehead atoms. The Kier molecular flexibility index (Phi) is 5.94. The zero-order valence-corrected chi connectivity index (χ0v) is 11.2. The Morgan fingerprint density at radius 1 is 1.24 bits per heavy atom. The number of nitrogens with zero attached hydrogens (tertiary/aromatic N) is 3. The van der Waals surface area contributed by atoms with Crippen LogP contribution < -0.4 is 10.6 Å². The lowest BCUT2D eigenvalue weighted by Gasteiger charge is -2.23. The Bertz CT molecular complexity index is 325. The third kappa shape index (κ3) is 4.71. The van der Waals surface area contributed by atoms with E-state index in [1.807, 2.05) is 12.1 Å². The average molecular weight is 236 g/mol. The number of anilines is 1. The van der Waals surface area contributed by atoms with Crippen LogP contribution in [0.1, 0.15) is 19.0 Å². The quantitative estimate of drug-likeness (QED) is 0.775. The maximum Gasteiger partial charge on any atom is 0.128 e. The van der Waals surface area contributed by atoms with Crippen molar-refractivity contribution in [3.8, 4) is 0 Å². The zero-order chi connectivity index (χ0) is 12.7. The molecule has 0 atom stereocenters. The number of pyridine rings is 1. The molecule has 96 valence electrons. The first-order chi connectivity index (χ1) is 8.17. The van der Waals surface area contributed by atoms with Crippen LogP contribution in [0, 0.1) is 0 Å². The first-order valence-electron chi connectivity index (χ1n) is 6.23. The van der Waals surface area contributed by atoms with E-state index in [0.717, 1.165) is 37.6 Å². The van der Waals surface area contributed by atoms with Crippen molar-refractivity contribution in [2.24, 2.45) is 5.73 Å². The number of hydrogen-bond donors (Lipinski definition) is 1. The van der Waals surface area contributed by atoms with Gasteiger partial charge in [-0.1, -0.05) is 6.07 Å². The van der Waals surface area contributed by atoms with Gasteiger partial charge in [0.25, 0.3) is 0 Å². The van der Waals surface area contributed by atoms with Crippen LogP contribution in [0.5, 0.6) is 0 Å². The Morgan fingerprint density at radius 2 is 2.00 bits per heavy atom. The van der Waals surface area contributed by atoms with E-state index in [2.05, 4.69) is 41.9 Å². The molecule has 0 radical (unpaired) electrons. The van der Waals surface area contributed by atoms with E-state index in [1.165, 1.54) is 0 Å². The minimum absolute atomic E-state index is 0.503. The van der Waals surface area contributed by atoms with Gasteiger partial charge < -0.3 is 15.5 Å². The van der Waals surface area contributed by atoms with Crippen LogP contribution in [-0.4, -0.2) is 43.6 Å². The summed E-state index contributed by atoms with van der Waals surface area (Å²) in [6.45, 7) is 5.78. The second-order valence-corrected chi connectivity index (χ2v) is 4.43. The van der Waals surface area contributed by atoms with E-state index in [9.17, 15) is 0 Å². The molecule has 2 N–H and O–H groups in total. The van der Waals surface area contributed by atoms with Gasteiger partial charge in [-0.3, -0.25) is 0 Å². The molecular formula is C13H24N4. The fourth-order valence-electron chi connectivity index (χ4n) is 1.77. The maximum atomic E-state index is 5.61. The molecule has 0 aromatic carbocycles. The number of aromatic nitrogens is 1. The van der Waals surface area contributed by atoms with Gasteiger partial charge in [0.2, 0.25) is 0 Å². The molecule has 0 aliphatic rings. The smallest absolute Gasteiger partial charge is 0.128 e. The summed E-state index contributed by atoms with van der Waals surface area (Å²) in [7, 11) is 4.20. The van der Waals surface area contributed by atoms with E-state index in [1.54, 1.807) is 0 Å². The number of nitrogens with two attached hydrogens (primary N) is 1. The van der Waals surface area contributed by atoms with Crippen molar-refractivity contribution in [3.05, 3.63) is 23.9 Å². The van der Waals surface area contributed by atoms with Gasteiger partial charge in [-0.25, -0.2) is 4.98 Å². The Morgan fingerprint density at radius 3 is 2.59 bits per heavy atom. The molecular weight excluding hydrogens is 212 g/mol. The lowest BCUT2D eigenvalue weighted by atomic mass is 10.3. The SMILES string of the molecule is CCN(CCCN(C)C)c1cccc(CN)n1. The van der Waals surface area contributed by atoms with Crippen LogP contribution in [0.25, 0.3) is 0 Å². The predicted molar refractivity (Wildman–Crippen MR) is 73.2 cm³/mol. The molecule has 0 spiro atoms. The van der Waals surface area contributed by atoms with E-state index < -0.39 is 0 Å². The third-order valence-corrected chi connectivity index (χ3v) is 2.74. The molecule has 1 heterocycles. The Labute approximate surface area is 104 Å². The van der Waals surface area contributed by atoms with Gasteiger partial charge in [0.15, 0.2) is 0 Å². The fourth-order valence-corrected chi connectivity index (χ4v) is 1.77. The minimum Gasteiger partial charge on any atom is -0.357 e. The van der Waals surface area contributed by atoms with E-state index in [4.69, 9.17) is 5.73 Å². The fraction of sp³-hybridized carbons (Fsp3) is 0.615. The van der Waals surface area contributed by atoms with Gasteiger partial charge in [0.05, 0.1) is 5.69 Å². The van der Waals surface area contributed by atoms with Crippen LogP contribution >= 0.6 is 0 Å². The van der Waals surface area contributed by atoms with E-state index in [-0.39, 0.29) is 0 Å². The summed E-state index contributed by atoms with van der Waals surface area (Å²) in [5, 5.41) is 0. The molecule has 0 saturated heterocycles. The molecule has 1 rings (SSSR count). The highest BCUT2D eigenvalue weighted by atomic mass is 15.2. The molecule has 0 aliphatic heterocycles. The van der Waals surface area contributed by atoms with Gasteiger partial charge in [0, 0.05) is 19.6 Å². The summed E-state index contributed by atoms with van der Waals surface area (Å²) in [4.78, 5) is 9.05. The lowest BCUT2D eigenvalue weighted by molar-refractivity contribution is 0.400. The van der Waals surface area contributed by atoms with Crippen molar-refractivity contribution in [2.45, 2.75) is 19.9 Å². The minimum atomic E-state index is 0.503. The Hall–Kier alpha value is -1.13. The molecule has 0 amide bonds. The monoisotopic (exact) mass is 236 g/mol. The van der Waals surface area contributed by atoms with Crippen molar-refractivity contribution < 1.29 is 0 Å². The normalized spacial score (nSPS) is 10.9. The molecule has 1 aromatic rings. The van der Waals surface area contributed by atoms with Crippen LogP contribution in [-0.2, 0) is 6.54 Å². The first-order valence-corrected chi connectivity index (χ1v) is 6.23. The molecule has 0 fully saturated rings. The van der Waals surface area contributed by atoms with Crippen molar-refractivity contribution in [1.82, 2.24) is 9.88 Å². The van der Waals surface area contributed by atoms with E-state index in [0.29, 0.717) is 6.54 Å². The van der Waals surface area contributed by atoms with Gasteiger partial charge in [-0.2, -0.15) is 0 Å². The summed E-state index contributed by atoms with van der Waals surface area (Å²) in [6.07, 6.45) is 1.15. The van der Waals surface area contributed by atoms with Crippen molar-refractivity contribution in [1.29, 1.82) is 0 Å². The summed E-state index contributed by atoms with van der Waals surface area (Å²) in [5.74, 6) is 1.04. The summed E-state index contributed by atoms with van der Waals surface area (Å²) >= 11 is 0. The largest absolute Gasteiger partial charge is 0.357 e. The molecule has 4 heteroatoms. The molecule has 17 heavy (non-hydrogen) atoms. The second kappa shape index (κ2) is 7.25. The molecule has 0 unspecified atom stereocenters. The predicted octanol–water partition coefficient (Wildman–Crippen LogP) is 1.32. The first kappa shape index (κ1) is 13.9. The van der Waals surface area contributed by atoms with Crippen molar-refractivity contribution in [3.63, 3.8) is 0 Å². The van der Waals surface area contributed by atoms with Gasteiger partial charge in [-0.15, -0.1) is 0 Å². The van der Waals surface area contributed by atoms with Crippen LogP contribution in [0.4, 0.5) is 5.82 Å². The molecule has 0 saturated carbocycles. The highest BCUT2D eigenvalue weighted by Crippen LogP contribution is 2.11. The van der Waals surface area contributed by atoms with Crippen molar-refractivity contribution >= 4 is 5.82 Å². The second-order valence-electron chi connectivity index (χ2n) is 4.43. The lowest BCUT2D eigenvalue weighted by Crippen LogP contribution is -2.28. The highest BCUT2D eigenvalue weighted by molar-refractivity contribution is 5.38. The summed E-state index contributed by atoms with van der Waals surface area (Å²) in [5.41, 5.74) is 6.56. The van der Waals surface area contributed by atoms with Gasteiger partial charge >= 0.3 is 0 Å². The van der Waals surface area contributed by atoms with Crippen LogP contribution in [0.15, 0.2) is 18.2 Å². The van der Waals surface area contributed by atoms with Gasteiger partial charge in [-0.05, 0) is 46.1 Å². The standard InChI is InChI=1S/C13H24N4/c1-4-17(10-6-9-16(2)3)13-8-5-7-12(11-14)15-13/h5,7-8H,4,6,9-11,14H2,1-3H3. The topological polar surface area (TPSA) is 45.4 Å². The molecule has 0 aliphatic carbocycles. The Balaban J connectivity index is 2.59. The van der Waals surface area contributed by atoms with Crippen LogP contribution in [0.3, 0.4) is 0 Å². The number of rotatable bonds is 7. The van der Waals surface area contributed by atoms with E-state index >= 15 is 0 Å². The zero-order valence-electron chi connectivity index (χ0n) is 11.2. The molecule has 1 aromatic heterocycles. The molecule has 4 nitrogen and oxygen atoms in total. The van der Waals surface area contributed by atoms with Gasteiger partial charge in [0.1, 0.15) is 5.82 Å². The maximum absolute atomic E-state index is 5.61. The third-order valence-electron chi connectivity index (χ3n) is 2.74. The van der Waals surface area contributed by atoms with Crippen molar-refractivity contribution in [2.75, 3.05) is 38.6 Å². The van der Waals surface area contributed by atoms with Crippen LogP contribution in [0.2, 0.25) is 0 Å². The number of hydrogen-bond acceptors (Lipinski definition) is 4. The average Bonchev–Trinajstić information content (AvgIpc) is 2.34. The summed E-state index contributed by atoms with van der Waals surface area (Å²) in [6, 6.07) is 6.05.